The second-order valence-corrected chi connectivity index (χ2v) is 9.31. The van der Waals surface area contributed by atoms with Crippen molar-refractivity contribution >= 4 is 26.5 Å². The highest BCUT2D eigenvalue weighted by Gasteiger charge is 2.31. The molecule has 0 bridgehead atoms. The van der Waals surface area contributed by atoms with E-state index in [0.717, 1.165) is 30.9 Å². The van der Waals surface area contributed by atoms with E-state index in [0.29, 0.717) is 48.6 Å². The van der Waals surface area contributed by atoms with Crippen LogP contribution in [0, 0.1) is 11.7 Å². The largest absolute Gasteiger partial charge is 0.453 e. The molecule has 3 heterocycles. The highest BCUT2D eigenvalue weighted by atomic mass is 31.0. The Kier molecular flexibility index (Phi) is 7.00. The normalized spacial score (nSPS) is 20.3. The van der Waals surface area contributed by atoms with Crippen LogP contribution >= 0.6 is 9.24 Å². The van der Waals surface area contributed by atoms with Gasteiger partial charge >= 0.3 is 6.09 Å². The molecule has 3 atom stereocenters. The molecule has 1 aromatic carbocycles. The lowest BCUT2D eigenvalue weighted by molar-refractivity contribution is -0.0244. The van der Waals surface area contributed by atoms with Crippen molar-refractivity contribution in [1.29, 1.82) is 0 Å². The minimum absolute atomic E-state index is 0.252. The average Bonchev–Trinajstić information content (AvgIpc) is 3.14. The van der Waals surface area contributed by atoms with E-state index >= 15 is 4.39 Å². The fraction of sp³-hybridized carbons (Fsp3) is 0.522. The molecule has 0 saturated carbocycles. The lowest BCUT2D eigenvalue weighted by Crippen LogP contribution is -2.46. The summed E-state index contributed by atoms with van der Waals surface area (Å²) in [5, 5.41) is 3.10. The van der Waals surface area contributed by atoms with Gasteiger partial charge in [0, 0.05) is 49.8 Å². The SMILES string of the molecule is CNC(=O)c1cc(F)c(-c2nc3n(c2C[C@H]2CN(C(=O)OC)CCO2)CCC(C)C3)c(P)c1. The van der Waals surface area contributed by atoms with Gasteiger partial charge in [0.05, 0.1) is 32.1 Å². The number of nitrogens with one attached hydrogen (secondary N) is 1. The van der Waals surface area contributed by atoms with Crippen LogP contribution in [-0.2, 0) is 28.9 Å². The van der Waals surface area contributed by atoms with Crippen molar-refractivity contribution in [2.45, 2.75) is 38.8 Å². The van der Waals surface area contributed by atoms with Crippen LogP contribution in [0.5, 0.6) is 0 Å². The molecule has 1 aromatic heterocycles. The maximum absolute atomic E-state index is 15.4. The average molecular weight is 476 g/mol. The molecule has 2 amide bonds. The second-order valence-electron chi connectivity index (χ2n) is 8.69. The van der Waals surface area contributed by atoms with Crippen molar-refractivity contribution in [1.82, 2.24) is 19.8 Å². The third-order valence-corrected chi connectivity index (χ3v) is 6.82. The zero-order chi connectivity index (χ0) is 23.7. The summed E-state index contributed by atoms with van der Waals surface area (Å²) in [5.74, 6) is 0.586. The number of hydrogen-bond donors (Lipinski definition) is 1. The zero-order valence-electron chi connectivity index (χ0n) is 19.2. The standard InChI is InChI=1S/C23H30FN4O4P/c1-13-4-5-28-17(11-15-12-27(6-7-32-15)23(30)31-3)21(26-19(28)8-13)20-16(24)9-14(10-18(20)33)22(29)25-2/h9-10,13,15H,4-8,11-12,33H2,1-3H3,(H,25,29)/t13?,15-/m0/s1. The van der Waals surface area contributed by atoms with Gasteiger partial charge in [-0.2, -0.15) is 0 Å². The van der Waals surface area contributed by atoms with Crippen LogP contribution in [0.2, 0.25) is 0 Å². The number of carbonyl (C=O) groups is 2. The number of fused-ring (bicyclic) bond motifs is 1. The summed E-state index contributed by atoms with van der Waals surface area (Å²) >= 11 is 0. The number of carbonyl (C=O) groups excluding carboxylic acids is 2. The van der Waals surface area contributed by atoms with E-state index in [2.05, 4.69) is 26.0 Å². The van der Waals surface area contributed by atoms with Gasteiger partial charge in [0.1, 0.15) is 11.6 Å². The molecular formula is C23H30FN4O4P. The fourth-order valence-corrected chi connectivity index (χ4v) is 5.09. The van der Waals surface area contributed by atoms with Gasteiger partial charge in [0.25, 0.3) is 5.91 Å². The van der Waals surface area contributed by atoms with Crippen LogP contribution in [0.4, 0.5) is 9.18 Å². The highest BCUT2D eigenvalue weighted by Crippen LogP contribution is 2.33. The van der Waals surface area contributed by atoms with Crippen molar-refractivity contribution < 1.29 is 23.5 Å². The predicted molar refractivity (Wildman–Crippen MR) is 125 cm³/mol. The quantitative estimate of drug-likeness (QED) is 0.684. The molecule has 4 rings (SSSR count). The van der Waals surface area contributed by atoms with Crippen molar-refractivity contribution in [3.63, 3.8) is 0 Å². The number of amides is 2. The molecule has 0 radical (unpaired) electrons. The molecule has 2 aliphatic heterocycles. The van der Waals surface area contributed by atoms with Gasteiger partial charge in [0.15, 0.2) is 0 Å². The summed E-state index contributed by atoms with van der Waals surface area (Å²) < 4.78 is 28.4. The lowest BCUT2D eigenvalue weighted by Gasteiger charge is -2.32. The molecule has 1 fully saturated rings. The molecule has 33 heavy (non-hydrogen) atoms. The minimum atomic E-state index is -0.494. The van der Waals surface area contributed by atoms with E-state index < -0.39 is 5.82 Å². The van der Waals surface area contributed by atoms with Crippen LogP contribution < -0.4 is 10.6 Å². The van der Waals surface area contributed by atoms with Crippen LogP contribution in [0.25, 0.3) is 11.3 Å². The van der Waals surface area contributed by atoms with E-state index in [-0.39, 0.29) is 23.7 Å². The first-order valence-electron chi connectivity index (χ1n) is 11.2. The van der Waals surface area contributed by atoms with E-state index in [1.807, 2.05) is 0 Å². The maximum atomic E-state index is 15.4. The third kappa shape index (κ3) is 4.75. The molecule has 1 saturated heterocycles. The lowest BCUT2D eigenvalue weighted by atomic mass is 9.99. The highest BCUT2D eigenvalue weighted by molar-refractivity contribution is 7.28. The minimum Gasteiger partial charge on any atom is -0.453 e. The smallest absolute Gasteiger partial charge is 0.409 e. The molecule has 1 N–H and O–H groups in total. The molecule has 0 aliphatic carbocycles. The number of halogens is 1. The molecule has 178 valence electrons. The number of imidazole rings is 1. The van der Waals surface area contributed by atoms with E-state index in [1.165, 1.54) is 20.2 Å². The first-order valence-corrected chi connectivity index (χ1v) is 11.7. The van der Waals surface area contributed by atoms with Crippen molar-refractivity contribution in [3.05, 3.63) is 35.0 Å². The predicted octanol–water partition coefficient (Wildman–Crippen LogP) is 2.14. The number of aromatic nitrogens is 2. The summed E-state index contributed by atoms with van der Waals surface area (Å²) in [6.45, 7) is 4.28. The fourth-order valence-electron chi connectivity index (χ4n) is 4.63. The Bertz CT molecular complexity index is 1050. The molecular weight excluding hydrogens is 446 g/mol. The van der Waals surface area contributed by atoms with Gasteiger partial charge in [-0.25, -0.2) is 14.2 Å². The van der Waals surface area contributed by atoms with E-state index in [4.69, 9.17) is 14.5 Å². The third-order valence-electron chi connectivity index (χ3n) is 6.37. The van der Waals surface area contributed by atoms with Crippen LogP contribution in [0.1, 0.15) is 35.2 Å². The first-order chi connectivity index (χ1) is 15.8. The first kappa shape index (κ1) is 23.6. The number of morpholine rings is 1. The summed E-state index contributed by atoms with van der Waals surface area (Å²) in [4.78, 5) is 30.6. The Balaban J connectivity index is 1.74. The summed E-state index contributed by atoms with van der Waals surface area (Å²) in [5.41, 5.74) is 2.10. The second kappa shape index (κ2) is 9.77. The van der Waals surface area contributed by atoms with Gasteiger partial charge < -0.3 is 24.3 Å². The number of rotatable bonds is 4. The molecule has 2 aromatic rings. The maximum Gasteiger partial charge on any atom is 0.409 e. The van der Waals surface area contributed by atoms with Gasteiger partial charge in [-0.15, -0.1) is 9.24 Å². The van der Waals surface area contributed by atoms with Gasteiger partial charge in [-0.1, -0.05) is 6.92 Å². The van der Waals surface area contributed by atoms with Crippen LogP contribution in [0.15, 0.2) is 12.1 Å². The Morgan fingerprint density at radius 2 is 2.15 bits per heavy atom. The number of benzene rings is 1. The summed E-state index contributed by atoms with van der Waals surface area (Å²) in [6.07, 6.45) is 1.69. The molecule has 10 heteroatoms. The van der Waals surface area contributed by atoms with E-state index in [9.17, 15) is 9.59 Å². The van der Waals surface area contributed by atoms with Crippen molar-refractivity contribution in [2.75, 3.05) is 33.9 Å². The molecule has 8 nitrogen and oxygen atoms in total. The molecule has 2 unspecified atom stereocenters. The Hall–Kier alpha value is -2.51. The topological polar surface area (TPSA) is 85.7 Å². The van der Waals surface area contributed by atoms with Crippen molar-refractivity contribution in [2.24, 2.45) is 5.92 Å². The molecule has 0 spiro atoms. The Morgan fingerprint density at radius 3 is 2.85 bits per heavy atom. The van der Waals surface area contributed by atoms with Crippen LogP contribution in [0.3, 0.4) is 0 Å². The van der Waals surface area contributed by atoms with Gasteiger partial charge in [0.2, 0.25) is 0 Å². The Labute approximate surface area is 195 Å². The number of ether oxygens (including phenoxy) is 2. The number of hydrogen-bond acceptors (Lipinski definition) is 5. The van der Waals surface area contributed by atoms with Gasteiger partial charge in [-0.05, 0) is 29.8 Å². The molecule has 2 aliphatic rings. The van der Waals surface area contributed by atoms with Crippen molar-refractivity contribution in [3.8, 4) is 11.3 Å². The van der Waals surface area contributed by atoms with Gasteiger partial charge in [-0.3, -0.25) is 4.79 Å². The summed E-state index contributed by atoms with van der Waals surface area (Å²) in [7, 11) is 5.42. The Morgan fingerprint density at radius 1 is 1.36 bits per heavy atom. The van der Waals surface area contributed by atoms with Crippen LogP contribution in [-0.4, -0.2) is 66.4 Å². The number of methoxy groups -OCH3 is 1. The number of nitrogens with zero attached hydrogens (tertiary/aromatic N) is 3. The van der Waals surface area contributed by atoms with E-state index in [1.54, 1.807) is 11.0 Å². The summed E-state index contributed by atoms with van der Waals surface area (Å²) in [6, 6.07) is 2.91. The monoisotopic (exact) mass is 476 g/mol. The zero-order valence-corrected chi connectivity index (χ0v) is 20.3.